The van der Waals surface area contributed by atoms with E-state index in [2.05, 4.69) is 22.9 Å². The number of halogens is 1. The maximum absolute atomic E-state index is 12.2. The first kappa shape index (κ1) is 16.2. The molecular weight excluding hydrogens is 330 g/mol. The molecule has 0 saturated carbocycles. The number of benzene rings is 1. The first-order chi connectivity index (χ1) is 10.0. The van der Waals surface area contributed by atoms with E-state index < -0.39 is 0 Å². The van der Waals surface area contributed by atoms with Crippen molar-refractivity contribution in [1.82, 2.24) is 4.90 Å². The Hall–Kier alpha value is -1.16. The van der Waals surface area contributed by atoms with Crippen molar-refractivity contribution in [3.8, 4) is 0 Å². The Morgan fingerprint density at radius 1 is 1.24 bits per heavy atom. The molecule has 4 heteroatoms. The molecule has 0 bridgehead atoms. The first-order valence-corrected chi connectivity index (χ1v) is 8.54. The molecule has 0 aliphatic carbocycles. The van der Waals surface area contributed by atoms with E-state index in [-0.39, 0.29) is 16.6 Å². The number of amides is 2. The van der Waals surface area contributed by atoms with E-state index in [1.807, 2.05) is 18.2 Å². The minimum absolute atomic E-state index is 0.129. The molecule has 1 aliphatic heterocycles. The van der Waals surface area contributed by atoms with Gasteiger partial charge in [-0.1, -0.05) is 60.7 Å². The van der Waals surface area contributed by atoms with Crippen molar-refractivity contribution >= 4 is 27.7 Å². The van der Waals surface area contributed by atoms with Crippen LogP contribution < -0.4 is 0 Å². The number of nitrogens with zero attached hydrogens (tertiary/aromatic N) is 1. The third-order valence-electron chi connectivity index (χ3n) is 4.06. The number of carbonyl (C=O) groups excluding carboxylic acids is 2. The maximum Gasteiger partial charge on any atom is 0.260 e. The van der Waals surface area contributed by atoms with Gasteiger partial charge in [-0.3, -0.25) is 14.5 Å². The highest BCUT2D eigenvalue weighted by molar-refractivity contribution is 9.09. The second-order valence-corrected chi connectivity index (χ2v) is 6.77. The number of rotatable bonds is 6. The summed E-state index contributed by atoms with van der Waals surface area (Å²) in [5.41, 5.74) is 2.64. The Bertz CT molecular complexity index is 542. The van der Waals surface area contributed by atoms with Gasteiger partial charge < -0.3 is 0 Å². The van der Waals surface area contributed by atoms with Crippen molar-refractivity contribution in [2.45, 2.75) is 50.3 Å². The van der Waals surface area contributed by atoms with Crippen LogP contribution in [0.15, 0.2) is 18.2 Å². The number of imide groups is 1. The Balaban J connectivity index is 2.10. The number of hydrogen-bond donors (Lipinski definition) is 0. The molecule has 3 nitrogen and oxygen atoms in total. The quantitative estimate of drug-likeness (QED) is 0.436. The Kier molecular flexibility index (Phi) is 5.57. The van der Waals surface area contributed by atoms with Gasteiger partial charge in [-0.05, 0) is 23.6 Å². The van der Waals surface area contributed by atoms with Crippen LogP contribution >= 0.6 is 15.9 Å². The molecule has 0 spiro atoms. The van der Waals surface area contributed by atoms with E-state index >= 15 is 0 Å². The maximum atomic E-state index is 12.2. The number of hydrogen-bond acceptors (Lipinski definition) is 2. The second-order valence-electron chi connectivity index (χ2n) is 5.67. The predicted octanol–water partition coefficient (Wildman–Crippen LogP) is 4.25. The molecule has 0 N–H and O–H groups in total. The molecule has 0 fully saturated rings. The fourth-order valence-corrected chi connectivity index (χ4v) is 3.24. The predicted molar refractivity (Wildman–Crippen MR) is 87.7 cm³/mol. The lowest BCUT2D eigenvalue weighted by molar-refractivity contribution is -0.127. The van der Waals surface area contributed by atoms with Crippen molar-refractivity contribution in [2.24, 2.45) is 0 Å². The van der Waals surface area contributed by atoms with Gasteiger partial charge in [0, 0.05) is 17.4 Å². The molecule has 1 atom stereocenters. The van der Waals surface area contributed by atoms with Crippen LogP contribution in [0.25, 0.3) is 0 Å². The van der Waals surface area contributed by atoms with Gasteiger partial charge in [0.25, 0.3) is 5.91 Å². The minimum Gasteiger partial charge on any atom is -0.281 e. The number of unbranched alkanes of at least 4 members (excludes halogenated alkanes) is 3. The third kappa shape index (κ3) is 3.73. The summed E-state index contributed by atoms with van der Waals surface area (Å²) < 4.78 is 0. The number of carbonyl (C=O) groups is 2. The van der Waals surface area contributed by atoms with E-state index in [1.54, 1.807) is 7.05 Å². The third-order valence-corrected chi connectivity index (χ3v) is 5.04. The molecule has 2 amide bonds. The van der Waals surface area contributed by atoms with E-state index in [0.717, 1.165) is 17.5 Å². The molecule has 0 radical (unpaired) electrons. The lowest BCUT2D eigenvalue weighted by atomic mass is 9.94. The van der Waals surface area contributed by atoms with Crippen molar-refractivity contribution in [3.63, 3.8) is 0 Å². The average Bonchev–Trinajstić information content (AvgIpc) is 2.49. The highest BCUT2D eigenvalue weighted by atomic mass is 79.9. The standard InChI is InChI=1S/C17H22BrNO2/c1-3-4-5-6-7-15(18)13-9-8-12-11-16(20)19(2)17(21)14(12)10-13/h8-10,15H,3-7,11H2,1-2H3. The molecular formula is C17H22BrNO2. The summed E-state index contributed by atoms with van der Waals surface area (Å²) >= 11 is 3.72. The van der Waals surface area contributed by atoms with Crippen LogP contribution in [0.5, 0.6) is 0 Å². The summed E-state index contributed by atoms with van der Waals surface area (Å²) in [6.45, 7) is 2.21. The van der Waals surface area contributed by atoms with Crippen LogP contribution in [0.1, 0.15) is 65.3 Å². The molecule has 114 valence electrons. The number of likely N-dealkylation sites (N-methyl/N-ethyl adjacent to an activating group) is 1. The highest BCUT2D eigenvalue weighted by Crippen LogP contribution is 2.31. The number of fused-ring (bicyclic) bond motifs is 1. The molecule has 1 aliphatic rings. The smallest absolute Gasteiger partial charge is 0.260 e. The second kappa shape index (κ2) is 7.21. The van der Waals surface area contributed by atoms with Crippen LogP contribution in [-0.4, -0.2) is 23.8 Å². The normalized spacial score (nSPS) is 16.0. The van der Waals surface area contributed by atoms with Gasteiger partial charge in [0.1, 0.15) is 0 Å². The van der Waals surface area contributed by atoms with Crippen molar-refractivity contribution < 1.29 is 9.59 Å². The Morgan fingerprint density at radius 2 is 2.00 bits per heavy atom. The number of alkyl halides is 1. The van der Waals surface area contributed by atoms with Crippen LogP contribution in [-0.2, 0) is 11.2 Å². The SMILES string of the molecule is CCCCCCC(Br)c1ccc2c(c1)C(=O)N(C)C(=O)C2. The topological polar surface area (TPSA) is 37.4 Å². The molecule has 1 heterocycles. The van der Waals surface area contributed by atoms with Crippen molar-refractivity contribution in [1.29, 1.82) is 0 Å². The zero-order chi connectivity index (χ0) is 15.4. The van der Waals surface area contributed by atoms with E-state index in [1.165, 1.54) is 30.6 Å². The van der Waals surface area contributed by atoms with Crippen molar-refractivity contribution in [3.05, 3.63) is 34.9 Å². The van der Waals surface area contributed by atoms with Crippen molar-refractivity contribution in [2.75, 3.05) is 7.05 Å². The van der Waals surface area contributed by atoms with Gasteiger partial charge >= 0.3 is 0 Å². The van der Waals surface area contributed by atoms with Crippen LogP contribution in [0.3, 0.4) is 0 Å². The summed E-state index contributed by atoms with van der Waals surface area (Å²) in [5.74, 6) is -0.316. The summed E-state index contributed by atoms with van der Waals surface area (Å²) in [7, 11) is 1.55. The summed E-state index contributed by atoms with van der Waals surface area (Å²) in [5, 5.41) is 0. The monoisotopic (exact) mass is 351 g/mol. The molecule has 1 aromatic rings. The Labute approximate surface area is 134 Å². The summed E-state index contributed by atoms with van der Waals surface area (Å²) in [4.78, 5) is 25.4. The molecule has 21 heavy (non-hydrogen) atoms. The molecule has 0 saturated heterocycles. The zero-order valence-corrected chi connectivity index (χ0v) is 14.3. The van der Waals surface area contributed by atoms with Gasteiger partial charge in [-0.25, -0.2) is 0 Å². The van der Waals surface area contributed by atoms with Crippen LogP contribution in [0.2, 0.25) is 0 Å². The Morgan fingerprint density at radius 3 is 2.71 bits per heavy atom. The van der Waals surface area contributed by atoms with Gasteiger partial charge in [-0.2, -0.15) is 0 Å². The lowest BCUT2D eigenvalue weighted by Crippen LogP contribution is -2.39. The molecule has 2 rings (SSSR count). The van der Waals surface area contributed by atoms with Crippen LogP contribution in [0, 0.1) is 0 Å². The minimum atomic E-state index is -0.186. The van der Waals surface area contributed by atoms with Gasteiger partial charge in [-0.15, -0.1) is 0 Å². The summed E-state index contributed by atoms with van der Waals surface area (Å²) in [6.07, 6.45) is 6.34. The lowest BCUT2D eigenvalue weighted by Gasteiger charge is -2.24. The van der Waals surface area contributed by atoms with Gasteiger partial charge in [0.2, 0.25) is 5.91 Å². The van der Waals surface area contributed by atoms with Crippen LogP contribution in [0.4, 0.5) is 0 Å². The van der Waals surface area contributed by atoms with Gasteiger partial charge in [0.05, 0.1) is 6.42 Å². The summed E-state index contributed by atoms with van der Waals surface area (Å²) in [6, 6.07) is 5.90. The van der Waals surface area contributed by atoms with E-state index in [0.29, 0.717) is 12.0 Å². The first-order valence-electron chi connectivity index (χ1n) is 7.62. The molecule has 1 unspecified atom stereocenters. The average molecular weight is 352 g/mol. The fraction of sp³-hybridized carbons (Fsp3) is 0.529. The molecule has 1 aromatic carbocycles. The van der Waals surface area contributed by atoms with Gasteiger partial charge in [0.15, 0.2) is 0 Å². The van der Waals surface area contributed by atoms with E-state index in [9.17, 15) is 9.59 Å². The zero-order valence-electron chi connectivity index (χ0n) is 12.7. The molecule has 0 aromatic heterocycles. The highest BCUT2D eigenvalue weighted by Gasteiger charge is 2.28. The largest absolute Gasteiger partial charge is 0.281 e. The fourth-order valence-electron chi connectivity index (χ4n) is 2.63. The van der Waals surface area contributed by atoms with E-state index in [4.69, 9.17) is 0 Å².